The van der Waals surface area contributed by atoms with Gasteiger partial charge in [-0.15, -0.1) is 0 Å². The van der Waals surface area contributed by atoms with E-state index in [-0.39, 0.29) is 0 Å². The van der Waals surface area contributed by atoms with Crippen LogP contribution >= 0.6 is 0 Å². The minimum atomic E-state index is 0.616. The fourth-order valence-electron chi connectivity index (χ4n) is 1.87. The molecule has 0 spiro atoms. The second kappa shape index (κ2) is 4.33. The van der Waals surface area contributed by atoms with Gasteiger partial charge in [0.25, 0.3) is 0 Å². The maximum Gasteiger partial charge on any atom is 0.0936 e. The molecule has 0 aliphatic heterocycles. The number of hydrogen-bond donors (Lipinski definition) is 2. The Hall–Kier alpha value is -2.62. The van der Waals surface area contributed by atoms with E-state index in [1.165, 1.54) is 0 Å². The van der Waals surface area contributed by atoms with E-state index in [0.717, 1.165) is 22.3 Å². The maximum absolute atomic E-state index is 5.87. The molecule has 3 N–H and O–H groups in total. The highest BCUT2D eigenvalue weighted by atomic mass is 14.9. The SMILES string of the molecule is Nc1cnccc1Nc1cccc2cccnc12. The smallest absolute Gasteiger partial charge is 0.0936 e. The van der Waals surface area contributed by atoms with Crippen molar-refractivity contribution in [2.45, 2.75) is 0 Å². The minimum absolute atomic E-state index is 0.616. The summed E-state index contributed by atoms with van der Waals surface area (Å²) in [5.41, 5.74) is 9.18. The van der Waals surface area contributed by atoms with Crippen LogP contribution in [0.5, 0.6) is 0 Å². The van der Waals surface area contributed by atoms with Gasteiger partial charge < -0.3 is 11.1 Å². The number of anilines is 3. The van der Waals surface area contributed by atoms with Crippen molar-refractivity contribution < 1.29 is 0 Å². The maximum atomic E-state index is 5.87. The molecule has 2 aromatic heterocycles. The van der Waals surface area contributed by atoms with E-state index in [2.05, 4.69) is 15.3 Å². The third-order valence-corrected chi connectivity index (χ3v) is 2.75. The highest BCUT2D eigenvalue weighted by Gasteiger charge is 2.03. The van der Waals surface area contributed by atoms with E-state index in [9.17, 15) is 0 Å². The summed E-state index contributed by atoms with van der Waals surface area (Å²) in [6.07, 6.45) is 5.11. The number of aromatic nitrogens is 2. The van der Waals surface area contributed by atoms with Crippen LogP contribution in [0, 0.1) is 0 Å². The number of hydrogen-bond acceptors (Lipinski definition) is 4. The minimum Gasteiger partial charge on any atom is -0.396 e. The summed E-state index contributed by atoms with van der Waals surface area (Å²) in [4.78, 5) is 8.36. The van der Waals surface area contributed by atoms with Crippen LogP contribution in [0.2, 0.25) is 0 Å². The van der Waals surface area contributed by atoms with Crippen LogP contribution in [0.4, 0.5) is 17.1 Å². The van der Waals surface area contributed by atoms with Crippen molar-refractivity contribution in [2.24, 2.45) is 0 Å². The zero-order chi connectivity index (χ0) is 12.4. The van der Waals surface area contributed by atoms with Crippen molar-refractivity contribution in [2.75, 3.05) is 11.1 Å². The molecule has 0 bridgehead atoms. The molecule has 88 valence electrons. The van der Waals surface area contributed by atoms with E-state index in [1.807, 2.05) is 36.4 Å². The molecule has 18 heavy (non-hydrogen) atoms. The van der Waals surface area contributed by atoms with Gasteiger partial charge in [0.2, 0.25) is 0 Å². The first kappa shape index (κ1) is 10.5. The number of fused-ring (bicyclic) bond motifs is 1. The molecule has 0 atom stereocenters. The fraction of sp³-hybridized carbons (Fsp3) is 0. The molecule has 0 aliphatic carbocycles. The van der Waals surface area contributed by atoms with Crippen LogP contribution in [0.15, 0.2) is 55.0 Å². The zero-order valence-corrected chi connectivity index (χ0v) is 9.67. The number of nitrogens with two attached hydrogens (primary N) is 1. The van der Waals surface area contributed by atoms with Crippen molar-refractivity contribution in [1.82, 2.24) is 9.97 Å². The van der Waals surface area contributed by atoms with E-state index in [1.54, 1.807) is 18.6 Å². The molecule has 0 aliphatic rings. The molecule has 0 saturated heterocycles. The fourth-order valence-corrected chi connectivity index (χ4v) is 1.87. The Morgan fingerprint density at radius 1 is 0.944 bits per heavy atom. The van der Waals surface area contributed by atoms with Crippen LogP contribution in [0.1, 0.15) is 0 Å². The first-order valence-electron chi connectivity index (χ1n) is 5.65. The Labute approximate surface area is 104 Å². The first-order valence-corrected chi connectivity index (χ1v) is 5.65. The third-order valence-electron chi connectivity index (χ3n) is 2.75. The molecule has 4 heteroatoms. The number of rotatable bonds is 2. The lowest BCUT2D eigenvalue weighted by atomic mass is 10.2. The van der Waals surface area contributed by atoms with Gasteiger partial charge in [-0.2, -0.15) is 0 Å². The lowest BCUT2D eigenvalue weighted by molar-refractivity contribution is 1.33. The summed E-state index contributed by atoms with van der Waals surface area (Å²) >= 11 is 0. The van der Waals surface area contributed by atoms with Gasteiger partial charge in [-0.1, -0.05) is 18.2 Å². The zero-order valence-electron chi connectivity index (χ0n) is 9.67. The predicted molar refractivity (Wildman–Crippen MR) is 73.7 cm³/mol. The van der Waals surface area contributed by atoms with Crippen molar-refractivity contribution in [1.29, 1.82) is 0 Å². The molecule has 0 fully saturated rings. The Morgan fingerprint density at radius 3 is 2.72 bits per heavy atom. The molecular weight excluding hydrogens is 224 g/mol. The summed E-state index contributed by atoms with van der Waals surface area (Å²) in [6, 6.07) is 11.8. The van der Waals surface area contributed by atoms with Crippen molar-refractivity contribution in [3.8, 4) is 0 Å². The number of pyridine rings is 2. The highest BCUT2D eigenvalue weighted by Crippen LogP contribution is 2.26. The van der Waals surface area contributed by atoms with E-state index >= 15 is 0 Å². The Bertz CT molecular complexity index is 689. The quantitative estimate of drug-likeness (QED) is 0.718. The first-order chi connectivity index (χ1) is 8.84. The lowest BCUT2D eigenvalue weighted by Gasteiger charge is -2.10. The number of nitrogens with zero attached hydrogens (tertiary/aromatic N) is 2. The summed E-state index contributed by atoms with van der Waals surface area (Å²) in [5, 5.41) is 4.38. The summed E-state index contributed by atoms with van der Waals surface area (Å²) in [7, 11) is 0. The Kier molecular flexibility index (Phi) is 2.53. The standard InChI is InChI=1S/C14H12N4/c15-11-9-16-8-6-12(11)18-13-5-1-3-10-4-2-7-17-14(10)13/h1-9H,15H2,(H,16,18). The highest BCUT2D eigenvalue weighted by molar-refractivity contribution is 5.92. The van der Waals surface area contributed by atoms with Crippen molar-refractivity contribution >= 4 is 28.0 Å². The average molecular weight is 236 g/mol. The van der Waals surface area contributed by atoms with E-state index in [4.69, 9.17) is 5.73 Å². The summed E-state index contributed by atoms with van der Waals surface area (Å²) in [6.45, 7) is 0. The van der Waals surface area contributed by atoms with Gasteiger partial charge in [0, 0.05) is 17.8 Å². The largest absolute Gasteiger partial charge is 0.396 e. The van der Waals surface area contributed by atoms with Gasteiger partial charge in [-0.05, 0) is 18.2 Å². The predicted octanol–water partition coefficient (Wildman–Crippen LogP) is 2.96. The second-order valence-corrected chi connectivity index (χ2v) is 3.97. The molecule has 0 amide bonds. The topological polar surface area (TPSA) is 63.8 Å². The molecule has 4 nitrogen and oxygen atoms in total. The molecule has 0 unspecified atom stereocenters. The second-order valence-electron chi connectivity index (χ2n) is 3.97. The van der Waals surface area contributed by atoms with Crippen molar-refractivity contribution in [3.63, 3.8) is 0 Å². The molecule has 0 saturated carbocycles. The lowest BCUT2D eigenvalue weighted by Crippen LogP contribution is -1.97. The van der Waals surface area contributed by atoms with Crippen LogP contribution < -0.4 is 11.1 Å². The van der Waals surface area contributed by atoms with Gasteiger partial charge in [0.1, 0.15) is 0 Å². The molecular formula is C14H12N4. The molecule has 0 radical (unpaired) electrons. The van der Waals surface area contributed by atoms with Crippen molar-refractivity contribution in [3.05, 3.63) is 55.0 Å². The summed E-state index contributed by atoms with van der Waals surface area (Å²) in [5.74, 6) is 0. The molecule has 2 heterocycles. The molecule has 3 aromatic rings. The normalized spacial score (nSPS) is 10.4. The van der Waals surface area contributed by atoms with Crippen LogP contribution in [0.25, 0.3) is 10.9 Å². The average Bonchev–Trinajstić information content (AvgIpc) is 2.42. The number of benzene rings is 1. The van der Waals surface area contributed by atoms with Gasteiger partial charge in [0.15, 0.2) is 0 Å². The monoisotopic (exact) mass is 236 g/mol. The number of para-hydroxylation sites is 1. The van der Waals surface area contributed by atoms with Crippen LogP contribution in [-0.2, 0) is 0 Å². The van der Waals surface area contributed by atoms with E-state index < -0.39 is 0 Å². The van der Waals surface area contributed by atoms with Gasteiger partial charge in [-0.25, -0.2) is 0 Å². The van der Waals surface area contributed by atoms with Gasteiger partial charge in [0.05, 0.1) is 28.8 Å². The van der Waals surface area contributed by atoms with Gasteiger partial charge >= 0.3 is 0 Å². The summed E-state index contributed by atoms with van der Waals surface area (Å²) < 4.78 is 0. The van der Waals surface area contributed by atoms with Crippen LogP contribution in [0.3, 0.4) is 0 Å². The molecule has 1 aromatic carbocycles. The third kappa shape index (κ3) is 1.84. The Balaban J connectivity index is 2.08. The molecule has 3 rings (SSSR count). The Morgan fingerprint density at radius 2 is 1.83 bits per heavy atom. The number of nitrogens with one attached hydrogen (secondary N) is 1. The van der Waals surface area contributed by atoms with Crippen LogP contribution in [-0.4, -0.2) is 9.97 Å². The van der Waals surface area contributed by atoms with E-state index in [0.29, 0.717) is 5.69 Å². The number of nitrogen functional groups attached to an aromatic ring is 1. The van der Waals surface area contributed by atoms with Gasteiger partial charge in [-0.3, -0.25) is 9.97 Å².